The second-order valence-electron chi connectivity index (χ2n) is 3.91. The lowest BCUT2D eigenvalue weighted by molar-refractivity contribution is 0.0601. The molecule has 0 heterocycles. The Bertz CT molecular complexity index is 530. The van der Waals surface area contributed by atoms with E-state index in [9.17, 15) is 4.79 Å². The largest absolute Gasteiger partial charge is 0.465 e. The second kappa shape index (κ2) is 4.83. The topological polar surface area (TPSA) is 26.3 Å². The molecule has 2 rings (SSSR count). The standard InChI is InChI=1S/C15H14O2/c1-11-8-9-13(15(16)17-2)14(10-11)12-6-4-3-5-7-12/h3-10H,1-2H3. The highest BCUT2D eigenvalue weighted by Gasteiger charge is 2.12. The summed E-state index contributed by atoms with van der Waals surface area (Å²) in [6, 6.07) is 15.6. The van der Waals surface area contributed by atoms with Crippen LogP contribution < -0.4 is 0 Å². The quantitative estimate of drug-likeness (QED) is 0.733. The third-order valence-corrected chi connectivity index (χ3v) is 2.67. The number of benzene rings is 2. The fourth-order valence-electron chi connectivity index (χ4n) is 1.80. The number of carbonyl (C=O) groups excluding carboxylic acids is 1. The van der Waals surface area contributed by atoms with Gasteiger partial charge in [0.15, 0.2) is 0 Å². The maximum absolute atomic E-state index is 11.7. The molecule has 2 aromatic rings. The minimum Gasteiger partial charge on any atom is -0.465 e. The number of methoxy groups -OCH3 is 1. The first-order chi connectivity index (χ1) is 8.22. The molecule has 2 nitrogen and oxygen atoms in total. The van der Waals surface area contributed by atoms with Crippen molar-refractivity contribution in [1.82, 2.24) is 0 Å². The predicted octanol–water partition coefficient (Wildman–Crippen LogP) is 3.45. The van der Waals surface area contributed by atoms with Crippen molar-refractivity contribution in [1.29, 1.82) is 0 Å². The van der Waals surface area contributed by atoms with Gasteiger partial charge in [-0.2, -0.15) is 0 Å². The molecule has 0 N–H and O–H groups in total. The highest BCUT2D eigenvalue weighted by molar-refractivity contribution is 5.97. The first-order valence-electron chi connectivity index (χ1n) is 5.47. The summed E-state index contributed by atoms with van der Waals surface area (Å²) in [4.78, 5) is 11.7. The molecular weight excluding hydrogens is 212 g/mol. The van der Waals surface area contributed by atoms with Crippen LogP contribution in [0.4, 0.5) is 0 Å². The second-order valence-corrected chi connectivity index (χ2v) is 3.91. The van der Waals surface area contributed by atoms with Crippen LogP contribution in [0.25, 0.3) is 11.1 Å². The van der Waals surface area contributed by atoms with E-state index in [0.29, 0.717) is 5.56 Å². The number of hydrogen-bond donors (Lipinski definition) is 0. The highest BCUT2D eigenvalue weighted by Crippen LogP contribution is 2.25. The zero-order valence-corrected chi connectivity index (χ0v) is 9.94. The molecule has 0 aromatic heterocycles. The van der Waals surface area contributed by atoms with Crippen LogP contribution in [0.2, 0.25) is 0 Å². The molecule has 0 spiro atoms. The van der Waals surface area contributed by atoms with E-state index in [-0.39, 0.29) is 5.97 Å². The normalized spacial score (nSPS) is 10.0. The van der Waals surface area contributed by atoms with E-state index in [4.69, 9.17) is 4.74 Å². The molecule has 0 amide bonds. The van der Waals surface area contributed by atoms with E-state index in [1.165, 1.54) is 7.11 Å². The van der Waals surface area contributed by atoms with E-state index >= 15 is 0 Å². The maximum Gasteiger partial charge on any atom is 0.338 e. The number of aryl methyl sites for hydroxylation is 1. The Morgan fingerprint density at radius 2 is 1.76 bits per heavy atom. The number of hydrogen-bond acceptors (Lipinski definition) is 2. The monoisotopic (exact) mass is 226 g/mol. The van der Waals surface area contributed by atoms with Gasteiger partial charge in [0.05, 0.1) is 12.7 Å². The van der Waals surface area contributed by atoms with Gasteiger partial charge in [-0.1, -0.05) is 48.0 Å². The molecule has 0 saturated heterocycles. The molecule has 0 bridgehead atoms. The van der Waals surface area contributed by atoms with Gasteiger partial charge in [-0.15, -0.1) is 0 Å². The summed E-state index contributed by atoms with van der Waals surface area (Å²) in [5, 5.41) is 0. The number of rotatable bonds is 2. The van der Waals surface area contributed by atoms with Gasteiger partial charge in [0.1, 0.15) is 0 Å². The summed E-state index contributed by atoms with van der Waals surface area (Å²) < 4.78 is 4.80. The first kappa shape index (κ1) is 11.4. The molecule has 0 aliphatic carbocycles. The van der Waals surface area contributed by atoms with Gasteiger partial charge in [0.25, 0.3) is 0 Å². The predicted molar refractivity (Wildman–Crippen MR) is 68.0 cm³/mol. The van der Waals surface area contributed by atoms with Crippen LogP contribution >= 0.6 is 0 Å². The molecule has 2 heteroatoms. The Morgan fingerprint density at radius 1 is 1.06 bits per heavy atom. The molecule has 17 heavy (non-hydrogen) atoms. The summed E-state index contributed by atoms with van der Waals surface area (Å²) in [5.41, 5.74) is 3.66. The highest BCUT2D eigenvalue weighted by atomic mass is 16.5. The van der Waals surface area contributed by atoms with E-state index in [2.05, 4.69) is 0 Å². The van der Waals surface area contributed by atoms with E-state index in [1.54, 1.807) is 0 Å². The first-order valence-corrected chi connectivity index (χ1v) is 5.47. The van der Waals surface area contributed by atoms with E-state index < -0.39 is 0 Å². The Labute approximate surface area is 101 Å². The van der Waals surface area contributed by atoms with Gasteiger partial charge >= 0.3 is 5.97 Å². The third-order valence-electron chi connectivity index (χ3n) is 2.67. The van der Waals surface area contributed by atoms with Crippen LogP contribution in [-0.2, 0) is 4.74 Å². The molecule has 0 aliphatic rings. The van der Waals surface area contributed by atoms with Gasteiger partial charge in [0, 0.05) is 0 Å². The van der Waals surface area contributed by atoms with Crippen molar-refractivity contribution < 1.29 is 9.53 Å². The lowest BCUT2D eigenvalue weighted by atomic mass is 9.98. The zero-order valence-electron chi connectivity index (χ0n) is 9.94. The average Bonchev–Trinajstić information content (AvgIpc) is 2.39. The molecule has 2 aromatic carbocycles. The molecular formula is C15H14O2. The summed E-state index contributed by atoms with van der Waals surface area (Å²) in [7, 11) is 1.40. The molecule has 0 atom stereocenters. The van der Waals surface area contributed by atoms with Gasteiger partial charge in [0.2, 0.25) is 0 Å². The van der Waals surface area contributed by atoms with E-state index in [0.717, 1.165) is 16.7 Å². The zero-order chi connectivity index (χ0) is 12.3. The van der Waals surface area contributed by atoms with Crippen molar-refractivity contribution in [3.05, 3.63) is 59.7 Å². The Morgan fingerprint density at radius 3 is 2.41 bits per heavy atom. The lowest BCUT2D eigenvalue weighted by Gasteiger charge is -2.09. The van der Waals surface area contributed by atoms with Crippen LogP contribution in [0.5, 0.6) is 0 Å². The number of esters is 1. The van der Waals surface area contributed by atoms with Crippen LogP contribution in [0, 0.1) is 6.92 Å². The summed E-state index contributed by atoms with van der Waals surface area (Å²) >= 11 is 0. The van der Waals surface area contributed by atoms with E-state index in [1.807, 2.05) is 55.5 Å². The molecule has 0 fully saturated rings. The molecule has 0 saturated carbocycles. The minimum absolute atomic E-state index is 0.302. The molecule has 86 valence electrons. The van der Waals surface area contributed by atoms with Gasteiger partial charge in [-0.25, -0.2) is 4.79 Å². The molecule has 0 radical (unpaired) electrons. The SMILES string of the molecule is COC(=O)c1ccc(C)cc1-c1ccccc1. The van der Waals surface area contributed by atoms with Gasteiger partial charge in [-0.05, 0) is 24.1 Å². The number of ether oxygens (including phenoxy) is 1. The summed E-state index contributed by atoms with van der Waals surface area (Å²) in [5.74, 6) is -0.302. The fraction of sp³-hybridized carbons (Fsp3) is 0.133. The lowest BCUT2D eigenvalue weighted by Crippen LogP contribution is -2.03. The van der Waals surface area contributed by atoms with Crippen molar-refractivity contribution >= 4 is 5.97 Å². The van der Waals surface area contributed by atoms with Crippen LogP contribution in [0.15, 0.2) is 48.5 Å². The van der Waals surface area contributed by atoms with Crippen LogP contribution in [0.1, 0.15) is 15.9 Å². The summed E-state index contributed by atoms with van der Waals surface area (Å²) in [6.07, 6.45) is 0. The molecule has 0 unspecified atom stereocenters. The smallest absolute Gasteiger partial charge is 0.338 e. The molecule has 0 aliphatic heterocycles. The van der Waals surface area contributed by atoms with Crippen molar-refractivity contribution in [3.63, 3.8) is 0 Å². The maximum atomic E-state index is 11.7. The third kappa shape index (κ3) is 2.36. The Kier molecular flexibility index (Phi) is 3.24. The number of carbonyl (C=O) groups is 1. The van der Waals surface area contributed by atoms with Crippen LogP contribution in [0.3, 0.4) is 0 Å². The Balaban J connectivity index is 2.59. The fourth-order valence-corrected chi connectivity index (χ4v) is 1.80. The van der Waals surface area contributed by atoms with Crippen LogP contribution in [-0.4, -0.2) is 13.1 Å². The van der Waals surface area contributed by atoms with Crippen molar-refractivity contribution in [3.8, 4) is 11.1 Å². The Hall–Kier alpha value is -2.09. The summed E-state index contributed by atoms with van der Waals surface area (Å²) in [6.45, 7) is 2.01. The van der Waals surface area contributed by atoms with Crippen molar-refractivity contribution in [2.45, 2.75) is 6.92 Å². The minimum atomic E-state index is -0.302. The van der Waals surface area contributed by atoms with Crippen molar-refractivity contribution in [2.75, 3.05) is 7.11 Å². The average molecular weight is 226 g/mol. The van der Waals surface area contributed by atoms with Crippen molar-refractivity contribution in [2.24, 2.45) is 0 Å². The van der Waals surface area contributed by atoms with Gasteiger partial charge < -0.3 is 4.74 Å². The van der Waals surface area contributed by atoms with Gasteiger partial charge in [-0.3, -0.25) is 0 Å².